The minimum Gasteiger partial charge on any atom is -0.497 e. The molecule has 0 bridgehead atoms. The summed E-state index contributed by atoms with van der Waals surface area (Å²) in [5.74, 6) is 1.38. The zero-order valence-corrected chi connectivity index (χ0v) is 14.7. The lowest BCUT2D eigenvalue weighted by molar-refractivity contribution is -0.384. The molecule has 26 heavy (non-hydrogen) atoms. The maximum atomic E-state index is 11.5. The molecule has 7 heteroatoms. The standard InChI is InChI=1S/C19H20N2O5/c1-25-14-6-7-15(19(11-14)26-2)16-4-3-9-20(16)17-8-5-13(12-22)10-18(17)21(23)24/h5-8,10-12,16H,3-4,9H2,1-2H3/t16-/m0/s1. The van der Waals surface area contributed by atoms with E-state index in [1.807, 2.05) is 23.1 Å². The highest BCUT2D eigenvalue weighted by molar-refractivity contribution is 5.80. The van der Waals surface area contributed by atoms with Crippen molar-refractivity contribution in [3.8, 4) is 11.5 Å². The van der Waals surface area contributed by atoms with E-state index in [0.717, 1.165) is 18.4 Å². The van der Waals surface area contributed by atoms with Gasteiger partial charge in [0.1, 0.15) is 23.5 Å². The van der Waals surface area contributed by atoms with Crippen LogP contribution >= 0.6 is 0 Å². The number of aldehydes is 1. The summed E-state index contributed by atoms with van der Waals surface area (Å²) in [5.41, 5.74) is 1.70. The molecular weight excluding hydrogens is 336 g/mol. The molecule has 7 nitrogen and oxygen atoms in total. The fourth-order valence-corrected chi connectivity index (χ4v) is 3.47. The molecule has 136 valence electrons. The number of nitro groups is 1. The van der Waals surface area contributed by atoms with Crippen molar-refractivity contribution in [3.63, 3.8) is 0 Å². The number of hydrogen-bond acceptors (Lipinski definition) is 6. The average Bonchev–Trinajstić information content (AvgIpc) is 3.16. The van der Waals surface area contributed by atoms with E-state index in [0.29, 0.717) is 35.6 Å². The number of benzene rings is 2. The maximum absolute atomic E-state index is 11.5. The first-order valence-corrected chi connectivity index (χ1v) is 8.31. The molecule has 0 unspecified atom stereocenters. The summed E-state index contributed by atoms with van der Waals surface area (Å²) in [7, 11) is 3.19. The summed E-state index contributed by atoms with van der Waals surface area (Å²) in [4.78, 5) is 24.1. The molecule has 1 heterocycles. The van der Waals surface area contributed by atoms with Gasteiger partial charge in [-0.2, -0.15) is 0 Å². The molecule has 1 saturated heterocycles. The van der Waals surface area contributed by atoms with Crippen LogP contribution in [0.3, 0.4) is 0 Å². The van der Waals surface area contributed by atoms with Gasteiger partial charge in [-0.15, -0.1) is 0 Å². The van der Waals surface area contributed by atoms with Crippen LogP contribution in [0.4, 0.5) is 11.4 Å². The molecule has 0 N–H and O–H groups in total. The topological polar surface area (TPSA) is 81.9 Å². The molecule has 0 aromatic heterocycles. The highest BCUT2D eigenvalue weighted by atomic mass is 16.6. The lowest BCUT2D eigenvalue weighted by Crippen LogP contribution is -2.24. The molecule has 1 atom stereocenters. The van der Waals surface area contributed by atoms with Gasteiger partial charge in [-0.05, 0) is 37.1 Å². The summed E-state index contributed by atoms with van der Waals surface area (Å²) in [5, 5.41) is 11.5. The first-order chi connectivity index (χ1) is 12.6. The highest BCUT2D eigenvalue weighted by Gasteiger charge is 2.32. The molecule has 2 aromatic rings. The van der Waals surface area contributed by atoms with Gasteiger partial charge in [-0.25, -0.2) is 0 Å². The Kier molecular flexibility index (Phi) is 5.06. The Morgan fingerprint density at radius 3 is 2.65 bits per heavy atom. The molecule has 1 aliphatic heterocycles. The van der Waals surface area contributed by atoms with E-state index in [9.17, 15) is 14.9 Å². The maximum Gasteiger partial charge on any atom is 0.293 e. The van der Waals surface area contributed by atoms with Gasteiger partial charge in [0.2, 0.25) is 0 Å². The molecule has 0 amide bonds. The average molecular weight is 356 g/mol. The quantitative estimate of drug-likeness (QED) is 0.445. The van der Waals surface area contributed by atoms with E-state index in [4.69, 9.17) is 9.47 Å². The number of hydrogen-bond donors (Lipinski definition) is 0. The largest absolute Gasteiger partial charge is 0.497 e. The summed E-state index contributed by atoms with van der Waals surface area (Å²) >= 11 is 0. The van der Waals surface area contributed by atoms with E-state index in [2.05, 4.69) is 0 Å². The number of nitro benzene ring substituents is 1. The molecule has 2 aromatic carbocycles. The van der Waals surface area contributed by atoms with Crippen molar-refractivity contribution < 1.29 is 19.2 Å². The van der Waals surface area contributed by atoms with Crippen LogP contribution in [0.25, 0.3) is 0 Å². The van der Waals surface area contributed by atoms with Gasteiger partial charge in [0.05, 0.1) is 25.2 Å². The van der Waals surface area contributed by atoms with Gasteiger partial charge in [0.15, 0.2) is 0 Å². The third kappa shape index (κ3) is 3.20. The normalized spacial score (nSPS) is 16.4. The van der Waals surface area contributed by atoms with Crippen LogP contribution in [0.5, 0.6) is 11.5 Å². The van der Waals surface area contributed by atoms with Gasteiger partial charge >= 0.3 is 0 Å². The van der Waals surface area contributed by atoms with Gasteiger partial charge in [0, 0.05) is 29.8 Å². The van der Waals surface area contributed by atoms with Crippen molar-refractivity contribution >= 4 is 17.7 Å². The Labute approximate surface area is 151 Å². The van der Waals surface area contributed by atoms with Crippen molar-refractivity contribution in [2.45, 2.75) is 18.9 Å². The van der Waals surface area contributed by atoms with Crippen molar-refractivity contribution in [1.29, 1.82) is 0 Å². The van der Waals surface area contributed by atoms with Gasteiger partial charge in [-0.1, -0.05) is 0 Å². The summed E-state index contributed by atoms with van der Waals surface area (Å²) < 4.78 is 10.8. The molecular formula is C19H20N2O5. The Morgan fingerprint density at radius 1 is 1.19 bits per heavy atom. The predicted octanol–water partition coefficient (Wildman–Crippen LogP) is 3.77. The summed E-state index contributed by atoms with van der Waals surface area (Å²) in [6, 6.07) is 10.1. The van der Waals surface area contributed by atoms with Crippen LogP contribution in [0.2, 0.25) is 0 Å². The van der Waals surface area contributed by atoms with E-state index in [-0.39, 0.29) is 11.7 Å². The van der Waals surface area contributed by atoms with Crippen LogP contribution in [0.1, 0.15) is 34.8 Å². The van der Waals surface area contributed by atoms with Crippen LogP contribution in [-0.2, 0) is 0 Å². The minimum atomic E-state index is -0.442. The number of methoxy groups -OCH3 is 2. The summed E-state index contributed by atoms with van der Waals surface area (Å²) in [6.45, 7) is 0.696. The third-order valence-corrected chi connectivity index (χ3v) is 4.69. The number of rotatable bonds is 6. The van der Waals surface area contributed by atoms with Gasteiger partial charge in [-0.3, -0.25) is 14.9 Å². The second-order valence-electron chi connectivity index (χ2n) is 6.08. The zero-order chi connectivity index (χ0) is 18.7. The molecule has 0 spiro atoms. The first kappa shape index (κ1) is 17.7. The second kappa shape index (κ2) is 7.43. The number of carbonyl (C=O) groups excluding carboxylic acids is 1. The Hall–Kier alpha value is -3.09. The van der Waals surface area contributed by atoms with Crippen molar-refractivity contribution in [2.75, 3.05) is 25.7 Å². The van der Waals surface area contributed by atoms with Crippen molar-refractivity contribution in [1.82, 2.24) is 0 Å². The first-order valence-electron chi connectivity index (χ1n) is 8.31. The Balaban J connectivity index is 2.04. The lowest BCUT2D eigenvalue weighted by atomic mass is 10.0. The molecule has 1 fully saturated rings. The number of ether oxygens (including phenoxy) is 2. The van der Waals surface area contributed by atoms with Crippen molar-refractivity contribution in [2.24, 2.45) is 0 Å². The van der Waals surface area contributed by atoms with Gasteiger partial charge in [0.25, 0.3) is 5.69 Å². The lowest BCUT2D eigenvalue weighted by Gasteiger charge is -2.28. The minimum absolute atomic E-state index is 0.0448. The SMILES string of the molecule is COc1ccc([C@@H]2CCCN2c2ccc(C=O)cc2[N+](=O)[O-])c(OC)c1. The van der Waals surface area contributed by atoms with E-state index < -0.39 is 4.92 Å². The van der Waals surface area contributed by atoms with E-state index in [1.165, 1.54) is 6.07 Å². The Morgan fingerprint density at radius 2 is 2.00 bits per heavy atom. The molecule has 3 rings (SSSR count). The molecule has 0 aliphatic carbocycles. The Bertz CT molecular complexity index is 837. The number of carbonyl (C=O) groups is 1. The smallest absolute Gasteiger partial charge is 0.293 e. The van der Waals surface area contributed by atoms with E-state index >= 15 is 0 Å². The fourth-order valence-electron chi connectivity index (χ4n) is 3.47. The summed E-state index contributed by atoms with van der Waals surface area (Å²) in [6.07, 6.45) is 2.38. The molecule has 0 radical (unpaired) electrons. The number of nitrogens with zero attached hydrogens (tertiary/aromatic N) is 2. The monoisotopic (exact) mass is 356 g/mol. The zero-order valence-electron chi connectivity index (χ0n) is 14.7. The predicted molar refractivity (Wildman–Crippen MR) is 97.4 cm³/mol. The van der Waals surface area contributed by atoms with Crippen LogP contribution in [0, 0.1) is 10.1 Å². The van der Waals surface area contributed by atoms with Crippen molar-refractivity contribution in [3.05, 3.63) is 57.6 Å². The molecule has 0 saturated carbocycles. The highest BCUT2D eigenvalue weighted by Crippen LogP contribution is 2.43. The fraction of sp³-hybridized carbons (Fsp3) is 0.316. The number of anilines is 1. The second-order valence-corrected chi connectivity index (χ2v) is 6.08. The van der Waals surface area contributed by atoms with Crippen LogP contribution in [0.15, 0.2) is 36.4 Å². The van der Waals surface area contributed by atoms with Gasteiger partial charge < -0.3 is 14.4 Å². The molecule has 1 aliphatic rings. The van der Waals surface area contributed by atoms with E-state index in [1.54, 1.807) is 26.4 Å². The van der Waals surface area contributed by atoms with Crippen LogP contribution < -0.4 is 14.4 Å². The third-order valence-electron chi connectivity index (χ3n) is 4.69. The van der Waals surface area contributed by atoms with Crippen LogP contribution in [-0.4, -0.2) is 32.0 Å².